The Labute approximate surface area is 124 Å². The molecule has 0 saturated heterocycles. The first-order valence-corrected chi connectivity index (χ1v) is 7.85. The first-order chi connectivity index (χ1) is 9.38. The zero-order chi connectivity index (χ0) is 15.2. The summed E-state index contributed by atoms with van der Waals surface area (Å²) in [5.41, 5.74) is 1.54. The van der Waals surface area contributed by atoms with Crippen LogP contribution in [0.4, 0.5) is 0 Å². The van der Waals surface area contributed by atoms with Crippen LogP contribution in [-0.4, -0.2) is 19.2 Å². The van der Waals surface area contributed by atoms with Crippen molar-refractivity contribution in [2.75, 3.05) is 13.2 Å². The minimum atomic E-state index is 0.196. The summed E-state index contributed by atoms with van der Waals surface area (Å²) in [5, 5.41) is 3.51. The van der Waals surface area contributed by atoms with E-state index in [4.69, 9.17) is 4.74 Å². The Kier molecular flexibility index (Phi) is 6.54. The van der Waals surface area contributed by atoms with Crippen molar-refractivity contribution in [3.05, 3.63) is 29.8 Å². The Hall–Kier alpha value is -1.02. The van der Waals surface area contributed by atoms with E-state index in [1.807, 2.05) is 0 Å². The third-order valence-corrected chi connectivity index (χ3v) is 3.95. The lowest BCUT2D eigenvalue weighted by molar-refractivity contribution is 0.222. The molecule has 0 aliphatic carbocycles. The van der Waals surface area contributed by atoms with Crippen LogP contribution in [0, 0.1) is 5.92 Å². The Bertz CT molecular complexity index is 377. The second-order valence-corrected chi connectivity index (χ2v) is 6.64. The van der Waals surface area contributed by atoms with Crippen molar-refractivity contribution in [2.24, 2.45) is 5.92 Å². The molecule has 20 heavy (non-hydrogen) atoms. The first-order valence-electron chi connectivity index (χ1n) is 7.85. The fourth-order valence-corrected chi connectivity index (χ4v) is 2.21. The molecule has 0 bridgehead atoms. The van der Waals surface area contributed by atoms with E-state index in [9.17, 15) is 0 Å². The quantitative estimate of drug-likeness (QED) is 0.798. The van der Waals surface area contributed by atoms with Crippen LogP contribution in [0.15, 0.2) is 24.3 Å². The first kappa shape index (κ1) is 17.0. The third kappa shape index (κ3) is 5.16. The molecule has 0 amide bonds. The number of benzene rings is 1. The molecule has 1 rings (SSSR count). The van der Waals surface area contributed by atoms with Crippen LogP contribution in [0.25, 0.3) is 0 Å². The molecule has 1 N–H and O–H groups in total. The number of ether oxygens (including phenoxy) is 1. The molecule has 2 heteroatoms. The monoisotopic (exact) mass is 277 g/mol. The molecule has 0 heterocycles. The predicted octanol–water partition coefficient (Wildman–Crippen LogP) is 4.39. The highest BCUT2D eigenvalue weighted by atomic mass is 16.5. The summed E-state index contributed by atoms with van der Waals surface area (Å²) in [5.74, 6) is 1.59. The molecule has 0 fully saturated rings. The van der Waals surface area contributed by atoms with E-state index in [2.05, 4.69) is 71.1 Å². The molecule has 0 aromatic heterocycles. The van der Waals surface area contributed by atoms with Crippen LogP contribution in [0.5, 0.6) is 5.75 Å². The molecule has 0 aliphatic heterocycles. The molecular formula is C18H31NO. The predicted molar refractivity (Wildman–Crippen MR) is 87.6 cm³/mol. The van der Waals surface area contributed by atoms with Gasteiger partial charge < -0.3 is 10.1 Å². The van der Waals surface area contributed by atoms with Gasteiger partial charge in [0.1, 0.15) is 12.4 Å². The lowest BCUT2D eigenvalue weighted by Crippen LogP contribution is -2.39. The largest absolute Gasteiger partial charge is 0.492 e. The van der Waals surface area contributed by atoms with E-state index in [0.29, 0.717) is 12.0 Å². The zero-order valence-electron chi connectivity index (χ0n) is 14.0. The number of rotatable bonds is 7. The van der Waals surface area contributed by atoms with Crippen LogP contribution in [0.3, 0.4) is 0 Å². The third-order valence-electron chi connectivity index (χ3n) is 3.95. The summed E-state index contributed by atoms with van der Waals surface area (Å²) in [4.78, 5) is 0. The van der Waals surface area contributed by atoms with Gasteiger partial charge in [0.15, 0.2) is 0 Å². The molecule has 2 nitrogen and oxygen atoms in total. The van der Waals surface area contributed by atoms with Crippen molar-refractivity contribution in [1.29, 1.82) is 0 Å². The number of nitrogens with one attached hydrogen (secondary N) is 1. The van der Waals surface area contributed by atoms with Crippen LogP contribution in [-0.2, 0) is 5.41 Å². The van der Waals surface area contributed by atoms with Gasteiger partial charge in [0, 0.05) is 6.04 Å². The van der Waals surface area contributed by atoms with Gasteiger partial charge in [-0.2, -0.15) is 0 Å². The van der Waals surface area contributed by atoms with E-state index in [0.717, 1.165) is 18.9 Å². The number of hydrogen-bond donors (Lipinski definition) is 1. The van der Waals surface area contributed by atoms with E-state index >= 15 is 0 Å². The lowest BCUT2D eigenvalue weighted by atomic mass is 9.87. The summed E-state index contributed by atoms with van der Waals surface area (Å²) in [6, 6.07) is 8.93. The van der Waals surface area contributed by atoms with Crippen molar-refractivity contribution < 1.29 is 4.74 Å². The van der Waals surface area contributed by atoms with Crippen molar-refractivity contribution in [3.8, 4) is 5.75 Å². The standard InChI is InChI=1S/C18H31NO/c1-7-14(3)17(19-8-2)13-20-16-11-9-15(10-12-16)18(4,5)6/h9-12,14,17,19H,7-8,13H2,1-6H3. The van der Waals surface area contributed by atoms with Crippen LogP contribution < -0.4 is 10.1 Å². The van der Waals surface area contributed by atoms with Gasteiger partial charge in [0.05, 0.1) is 0 Å². The van der Waals surface area contributed by atoms with Gasteiger partial charge >= 0.3 is 0 Å². The second kappa shape index (κ2) is 7.68. The van der Waals surface area contributed by atoms with Gasteiger partial charge in [-0.1, -0.05) is 60.1 Å². The maximum Gasteiger partial charge on any atom is 0.119 e. The molecule has 114 valence electrons. The maximum absolute atomic E-state index is 5.95. The highest BCUT2D eigenvalue weighted by Gasteiger charge is 2.16. The number of hydrogen-bond acceptors (Lipinski definition) is 2. The minimum Gasteiger partial charge on any atom is -0.492 e. The fraction of sp³-hybridized carbons (Fsp3) is 0.667. The number of likely N-dealkylation sites (N-methyl/N-ethyl adjacent to an activating group) is 1. The summed E-state index contributed by atoms with van der Waals surface area (Å²) in [6.07, 6.45) is 1.17. The molecule has 2 atom stereocenters. The van der Waals surface area contributed by atoms with Gasteiger partial charge in [0.2, 0.25) is 0 Å². The topological polar surface area (TPSA) is 21.3 Å². The second-order valence-electron chi connectivity index (χ2n) is 6.64. The van der Waals surface area contributed by atoms with Crippen LogP contribution in [0.2, 0.25) is 0 Å². The normalized spacial score (nSPS) is 14.9. The van der Waals surface area contributed by atoms with E-state index in [-0.39, 0.29) is 5.41 Å². The highest BCUT2D eigenvalue weighted by molar-refractivity contribution is 5.31. The van der Waals surface area contributed by atoms with Gasteiger partial charge in [0.25, 0.3) is 0 Å². The molecule has 0 radical (unpaired) electrons. The Balaban J connectivity index is 2.60. The van der Waals surface area contributed by atoms with E-state index < -0.39 is 0 Å². The summed E-state index contributed by atoms with van der Waals surface area (Å²) < 4.78 is 5.95. The summed E-state index contributed by atoms with van der Waals surface area (Å²) in [6.45, 7) is 15.1. The van der Waals surface area contributed by atoms with Crippen molar-refractivity contribution >= 4 is 0 Å². The summed E-state index contributed by atoms with van der Waals surface area (Å²) in [7, 11) is 0. The fourth-order valence-electron chi connectivity index (χ4n) is 2.21. The maximum atomic E-state index is 5.95. The molecule has 1 aromatic carbocycles. The van der Waals surface area contributed by atoms with Gasteiger partial charge in [-0.25, -0.2) is 0 Å². The van der Waals surface area contributed by atoms with Crippen molar-refractivity contribution in [2.45, 2.75) is 59.4 Å². The van der Waals surface area contributed by atoms with E-state index in [1.54, 1.807) is 0 Å². The molecule has 0 saturated carbocycles. The SMILES string of the molecule is CCNC(COc1ccc(C(C)(C)C)cc1)C(C)CC. The van der Waals surface area contributed by atoms with Gasteiger partial charge in [-0.05, 0) is 35.6 Å². The molecular weight excluding hydrogens is 246 g/mol. The average Bonchev–Trinajstić information content (AvgIpc) is 2.42. The van der Waals surface area contributed by atoms with E-state index in [1.165, 1.54) is 12.0 Å². The molecule has 0 spiro atoms. The van der Waals surface area contributed by atoms with Crippen molar-refractivity contribution in [1.82, 2.24) is 5.32 Å². The van der Waals surface area contributed by atoms with Gasteiger partial charge in [-0.3, -0.25) is 0 Å². The smallest absolute Gasteiger partial charge is 0.119 e. The molecule has 2 unspecified atom stereocenters. The Morgan fingerprint density at radius 2 is 1.70 bits per heavy atom. The molecule has 1 aromatic rings. The van der Waals surface area contributed by atoms with Crippen LogP contribution >= 0.6 is 0 Å². The Morgan fingerprint density at radius 3 is 2.15 bits per heavy atom. The lowest BCUT2D eigenvalue weighted by Gasteiger charge is -2.24. The highest BCUT2D eigenvalue weighted by Crippen LogP contribution is 2.24. The average molecular weight is 277 g/mol. The van der Waals surface area contributed by atoms with Crippen LogP contribution in [0.1, 0.15) is 53.5 Å². The molecule has 0 aliphatic rings. The summed E-state index contributed by atoms with van der Waals surface area (Å²) >= 11 is 0. The van der Waals surface area contributed by atoms with Crippen molar-refractivity contribution in [3.63, 3.8) is 0 Å². The minimum absolute atomic E-state index is 0.196. The van der Waals surface area contributed by atoms with Gasteiger partial charge in [-0.15, -0.1) is 0 Å². The zero-order valence-corrected chi connectivity index (χ0v) is 14.0. The Morgan fingerprint density at radius 1 is 1.10 bits per heavy atom.